The number of piperidine rings is 1. The Bertz CT molecular complexity index is 735. The van der Waals surface area contributed by atoms with Crippen molar-refractivity contribution in [3.8, 4) is 0 Å². The first-order valence-corrected chi connectivity index (χ1v) is 9.40. The molecule has 0 spiro atoms. The molecule has 24 heavy (non-hydrogen) atoms. The lowest BCUT2D eigenvalue weighted by atomic mass is 10.1. The van der Waals surface area contributed by atoms with Crippen LogP contribution in [0.4, 0.5) is 0 Å². The van der Waals surface area contributed by atoms with E-state index in [-0.39, 0.29) is 5.91 Å². The Balaban J connectivity index is 1.50. The third kappa shape index (κ3) is 3.17. The van der Waals surface area contributed by atoms with E-state index in [9.17, 15) is 4.79 Å². The summed E-state index contributed by atoms with van der Waals surface area (Å²) in [4.78, 5) is 20.8. The van der Waals surface area contributed by atoms with E-state index in [1.165, 1.54) is 32.4 Å². The average molecular weight is 346 g/mol. The maximum atomic E-state index is 13.0. The highest BCUT2D eigenvalue weighted by Gasteiger charge is 2.31. The lowest BCUT2D eigenvalue weighted by Crippen LogP contribution is -2.44. The number of fused-ring (bicyclic) bond motifs is 1. The number of rotatable bonds is 3. The summed E-state index contributed by atoms with van der Waals surface area (Å²) in [6, 6.07) is 8.00. The van der Waals surface area contributed by atoms with E-state index >= 15 is 0 Å². The zero-order valence-corrected chi connectivity index (χ0v) is 14.7. The largest absolute Gasteiger partial charge is 0.350 e. The van der Waals surface area contributed by atoms with Crippen molar-refractivity contribution in [1.29, 1.82) is 0 Å². The normalized spacial score (nSPS) is 22.4. The van der Waals surface area contributed by atoms with E-state index in [1.54, 1.807) is 0 Å². The summed E-state index contributed by atoms with van der Waals surface area (Å²) in [5, 5.41) is 1.72. The van der Waals surface area contributed by atoms with Gasteiger partial charge in [-0.1, -0.05) is 24.1 Å². The molecule has 1 atom stereocenters. The fourth-order valence-electron chi connectivity index (χ4n) is 4.10. The zero-order chi connectivity index (χ0) is 16.5. The molecule has 1 aromatic carbocycles. The van der Waals surface area contributed by atoms with Crippen LogP contribution in [0.3, 0.4) is 0 Å². The summed E-state index contributed by atoms with van der Waals surface area (Å²) < 4.78 is 0. The molecule has 1 unspecified atom stereocenters. The fourth-order valence-corrected chi connectivity index (χ4v) is 4.27. The van der Waals surface area contributed by atoms with E-state index in [1.807, 2.05) is 24.3 Å². The van der Waals surface area contributed by atoms with Gasteiger partial charge in [0.2, 0.25) is 0 Å². The highest BCUT2D eigenvalue weighted by Crippen LogP contribution is 2.25. The number of aromatic nitrogens is 1. The van der Waals surface area contributed by atoms with Gasteiger partial charge in [-0.2, -0.15) is 0 Å². The van der Waals surface area contributed by atoms with Crippen LogP contribution in [-0.2, 0) is 0 Å². The summed E-state index contributed by atoms with van der Waals surface area (Å²) in [6.07, 6.45) is 6.17. The second kappa shape index (κ2) is 6.77. The Morgan fingerprint density at radius 2 is 1.96 bits per heavy atom. The predicted octanol–water partition coefficient (Wildman–Crippen LogP) is 3.91. The maximum Gasteiger partial charge on any atom is 0.270 e. The van der Waals surface area contributed by atoms with Gasteiger partial charge in [-0.15, -0.1) is 0 Å². The standard InChI is InChI=1S/C19H24ClN3O/c20-15-7-6-14-11-18(21-17(14)12-15)19(24)23-10-4-5-16(23)13-22-8-2-1-3-9-22/h6-7,11-12,16,21H,1-5,8-10,13H2. The molecule has 2 saturated heterocycles. The monoisotopic (exact) mass is 345 g/mol. The quantitative estimate of drug-likeness (QED) is 0.916. The number of benzene rings is 1. The van der Waals surface area contributed by atoms with Crippen molar-refractivity contribution < 1.29 is 4.79 Å². The van der Waals surface area contributed by atoms with Crippen LogP contribution in [0.2, 0.25) is 5.02 Å². The molecular formula is C19H24ClN3O. The predicted molar refractivity (Wildman–Crippen MR) is 97.7 cm³/mol. The van der Waals surface area contributed by atoms with E-state index in [0.717, 1.165) is 36.8 Å². The smallest absolute Gasteiger partial charge is 0.270 e. The third-order valence-corrected chi connectivity index (χ3v) is 5.61. The van der Waals surface area contributed by atoms with Gasteiger partial charge in [0.1, 0.15) is 5.69 Å². The van der Waals surface area contributed by atoms with Crippen molar-refractivity contribution in [2.45, 2.75) is 38.1 Å². The van der Waals surface area contributed by atoms with Crippen molar-refractivity contribution in [1.82, 2.24) is 14.8 Å². The first kappa shape index (κ1) is 16.0. The van der Waals surface area contributed by atoms with Gasteiger partial charge in [0.25, 0.3) is 5.91 Å². The molecule has 2 aliphatic rings. The molecule has 0 saturated carbocycles. The molecule has 1 aromatic heterocycles. The van der Waals surface area contributed by atoms with Gasteiger partial charge >= 0.3 is 0 Å². The maximum absolute atomic E-state index is 13.0. The van der Waals surface area contributed by atoms with E-state index < -0.39 is 0 Å². The van der Waals surface area contributed by atoms with Crippen molar-refractivity contribution in [3.05, 3.63) is 35.0 Å². The van der Waals surface area contributed by atoms with Crippen LogP contribution in [0.25, 0.3) is 10.9 Å². The van der Waals surface area contributed by atoms with Crippen LogP contribution in [-0.4, -0.2) is 52.9 Å². The van der Waals surface area contributed by atoms with Gasteiger partial charge < -0.3 is 14.8 Å². The molecule has 1 N–H and O–H groups in total. The molecule has 4 nitrogen and oxygen atoms in total. The Morgan fingerprint density at radius 1 is 1.12 bits per heavy atom. The number of hydrogen-bond acceptors (Lipinski definition) is 2. The van der Waals surface area contributed by atoms with Crippen LogP contribution in [0.15, 0.2) is 24.3 Å². The second-order valence-electron chi connectivity index (χ2n) is 7.07. The fraction of sp³-hybridized carbons (Fsp3) is 0.526. The molecule has 2 fully saturated rings. The Morgan fingerprint density at radius 3 is 2.79 bits per heavy atom. The molecule has 0 bridgehead atoms. The third-order valence-electron chi connectivity index (χ3n) is 5.37. The van der Waals surface area contributed by atoms with Crippen LogP contribution in [0.1, 0.15) is 42.6 Å². The van der Waals surface area contributed by atoms with Gasteiger partial charge in [0, 0.05) is 35.1 Å². The first-order chi connectivity index (χ1) is 11.7. The first-order valence-electron chi connectivity index (χ1n) is 9.02. The van der Waals surface area contributed by atoms with Crippen molar-refractivity contribution in [2.75, 3.05) is 26.2 Å². The van der Waals surface area contributed by atoms with Crippen LogP contribution >= 0.6 is 11.6 Å². The highest BCUT2D eigenvalue weighted by molar-refractivity contribution is 6.31. The minimum Gasteiger partial charge on any atom is -0.350 e. The molecule has 2 aromatic rings. The minimum atomic E-state index is 0.127. The van der Waals surface area contributed by atoms with Crippen LogP contribution < -0.4 is 0 Å². The van der Waals surface area contributed by atoms with Crippen LogP contribution in [0.5, 0.6) is 0 Å². The van der Waals surface area contributed by atoms with Crippen LogP contribution in [0, 0.1) is 0 Å². The molecule has 3 heterocycles. The molecule has 4 rings (SSSR count). The van der Waals surface area contributed by atoms with E-state index in [0.29, 0.717) is 16.8 Å². The van der Waals surface area contributed by atoms with Gasteiger partial charge in [0.15, 0.2) is 0 Å². The summed E-state index contributed by atoms with van der Waals surface area (Å²) in [5.41, 5.74) is 1.61. The van der Waals surface area contributed by atoms with Gasteiger partial charge in [-0.3, -0.25) is 4.79 Å². The van der Waals surface area contributed by atoms with Crippen molar-refractivity contribution >= 4 is 28.4 Å². The zero-order valence-electron chi connectivity index (χ0n) is 13.9. The van der Waals surface area contributed by atoms with Gasteiger partial charge in [0.05, 0.1) is 0 Å². The number of likely N-dealkylation sites (tertiary alicyclic amines) is 2. The molecule has 2 aliphatic heterocycles. The molecule has 0 aliphatic carbocycles. The molecule has 5 heteroatoms. The summed E-state index contributed by atoms with van der Waals surface area (Å²) in [5.74, 6) is 0.127. The lowest BCUT2D eigenvalue weighted by molar-refractivity contribution is 0.0685. The van der Waals surface area contributed by atoms with Crippen molar-refractivity contribution in [3.63, 3.8) is 0 Å². The van der Waals surface area contributed by atoms with E-state index in [4.69, 9.17) is 11.6 Å². The topological polar surface area (TPSA) is 39.3 Å². The number of H-pyrrole nitrogens is 1. The lowest BCUT2D eigenvalue weighted by Gasteiger charge is -2.32. The number of carbonyl (C=O) groups excluding carboxylic acids is 1. The molecular weight excluding hydrogens is 322 g/mol. The van der Waals surface area contributed by atoms with Crippen molar-refractivity contribution in [2.24, 2.45) is 0 Å². The van der Waals surface area contributed by atoms with E-state index in [2.05, 4.69) is 14.8 Å². The SMILES string of the molecule is O=C(c1cc2ccc(Cl)cc2[nH]1)N1CCCC1CN1CCCCC1. The second-order valence-corrected chi connectivity index (χ2v) is 7.51. The summed E-state index contributed by atoms with van der Waals surface area (Å²) in [6.45, 7) is 4.26. The average Bonchev–Trinajstić information content (AvgIpc) is 3.21. The van der Waals surface area contributed by atoms with Gasteiger partial charge in [-0.25, -0.2) is 0 Å². The molecule has 128 valence electrons. The summed E-state index contributed by atoms with van der Waals surface area (Å²) in [7, 11) is 0. The molecule has 0 radical (unpaired) electrons. The number of aromatic amines is 1. The number of halogens is 1. The number of carbonyl (C=O) groups is 1. The van der Waals surface area contributed by atoms with Gasteiger partial charge in [-0.05, 0) is 57.0 Å². The number of nitrogens with one attached hydrogen (secondary N) is 1. The number of amides is 1. The summed E-state index contributed by atoms with van der Waals surface area (Å²) >= 11 is 6.05. The Kier molecular flexibility index (Phi) is 4.51. The minimum absolute atomic E-state index is 0.127. The Hall–Kier alpha value is -1.52. The highest BCUT2D eigenvalue weighted by atomic mass is 35.5. The number of hydrogen-bond donors (Lipinski definition) is 1. The molecule has 1 amide bonds. The number of nitrogens with zero attached hydrogens (tertiary/aromatic N) is 2. The Labute approximate surface area is 147 Å².